The van der Waals surface area contributed by atoms with Crippen molar-refractivity contribution in [2.24, 2.45) is 5.73 Å². The molecule has 2 aromatic rings. The minimum atomic E-state index is -4.73. The topological polar surface area (TPSA) is 26.0 Å². The summed E-state index contributed by atoms with van der Waals surface area (Å²) in [4.78, 5) is 0. The molecule has 0 aliphatic carbocycles. The van der Waals surface area contributed by atoms with Crippen LogP contribution in [0.5, 0.6) is 0 Å². The lowest BCUT2D eigenvalue weighted by atomic mass is 9.96. The lowest BCUT2D eigenvalue weighted by Gasteiger charge is -2.16. The minimum absolute atomic E-state index is 0.163. The molecule has 0 heterocycles. The van der Waals surface area contributed by atoms with Crippen molar-refractivity contribution >= 4 is 0 Å². The molecule has 0 saturated heterocycles. The van der Waals surface area contributed by atoms with Crippen molar-refractivity contribution in [3.63, 3.8) is 0 Å². The number of aryl methyl sites for hydroxylation is 1. The largest absolute Gasteiger partial charge is 0.419 e. The van der Waals surface area contributed by atoms with Crippen LogP contribution < -0.4 is 5.73 Å². The first-order valence-electron chi connectivity index (χ1n) is 5.98. The van der Waals surface area contributed by atoms with E-state index in [9.17, 15) is 17.6 Å². The zero-order chi connectivity index (χ0) is 14.9. The lowest BCUT2D eigenvalue weighted by Crippen LogP contribution is -2.17. The SMILES string of the molecule is Cc1ccc(C(N)c2cccc(C(F)(F)F)c2F)cc1. The van der Waals surface area contributed by atoms with Crippen LogP contribution in [-0.4, -0.2) is 0 Å². The Balaban J connectivity index is 2.45. The van der Waals surface area contributed by atoms with Crippen LogP contribution in [0.25, 0.3) is 0 Å². The Hall–Kier alpha value is -1.88. The highest BCUT2D eigenvalue weighted by molar-refractivity contribution is 5.37. The van der Waals surface area contributed by atoms with Gasteiger partial charge in [-0.05, 0) is 18.6 Å². The molecule has 0 aromatic heterocycles. The summed E-state index contributed by atoms with van der Waals surface area (Å²) in [7, 11) is 0. The number of hydrogen-bond acceptors (Lipinski definition) is 1. The molecule has 1 unspecified atom stereocenters. The van der Waals surface area contributed by atoms with Crippen molar-refractivity contribution < 1.29 is 17.6 Å². The van der Waals surface area contributed by atoms with Gasteiger partial charge in [0.05, 0.1) is 11.6 Å². The van der Waals surface area contributed by atoms with Gasteiger partial charge in [0.2, 0.25) is 0 Å². The van der Waals surface area contributed by atoms with Gasteiger partial charge in [0.1, 0.15) is 5.82 Å². The molecule has 0 radical (unpaired) electrons. The Morgan fingerprint density at radius 1 is 1.00 bits per heavy atom. The van der Waals surface area contributed by atoms with Crippen LogP contribution in [0.15, 0.2) is 42.5 Å². The van der Waals surface area contributed by atoms with E-state index in [0.29, 0.717) is 11.6 Å². The number of alkyl halides is 3. The monoisotopic (exact) mass is 283 g/mol. The molecule has 1 nitrogen and oxygen atoms in total. The molecule has 1 atom stereocenters. The van der Waals surface area contributed by atoms with Crippen molar-refractivity contribution in [2.45, 2.75) is 19.1 Å². The van der Waals surface area contributed by atoms with E-state index in [0.717, 1.165) is 11.6 Å². The fourth-order valence-electron chi connectivity index (χ4n) is 1.96. The predicted molar refractivity (Wildman–Crippen MR) is 68.6 cm³/mol. The van der Waals surface area contributed by atoms with Crippen LogP contribution in [0, 0.1) is 12.7 Å². The second kappa shape index (κ2) is 5.25. The van der Waals surface area contributed by atoms with Crippen molar-refractivity contribution in [3.8, 4) is 0 Å². The molecule has 2 rings (SSSR count). The van der Waals surface area contributed by atoms with Gasteiger partial charge in [-0.25, -0.2) is 4.39 Å². The molecule has 2 aromatic carbocycles. The maximum atomic E-state index is 14.0. The Labute approximate surface area is 114 Å². The summed E-state index contributed by atoms with van der Waals surface area (Å²) < 4.78 is 52.0. The van der Waals surface area contributed by atoms with Gasteiger partial charge < -0.3 is 5.73 Å². The highest BCUT2D eigenvalue weighted by Crippen LogP contribution is 2.34. The van der Waals surface area contributed by atoms with E-state index in [-0.39, 0.29) is 5.56 Å². The molecule has 0 amide bonds. The summed E-state index contributed by atoms with van der Waals surface area (Å²) >= 11 is 0. The first-order chi connectivity index (χ1) is 9.30. The summed E-state index contributed by atoms with van der Waals surface area (Å²) in [5.74, 6) is -1.31. The van der Waals surface area contributed by atoms with Gasteiger partial charge in [-0.3, -0.25) is 0 Å². The third-order valence-corrected chi connectivity index (χ3v) is 3.11. The van der Waals surface area contributed by atoms with Gasteiger partial charge in [-0.1, -0.05) is 42.0 Å². The van der Waals surface area contributed by atoms with E-state index < -0.39 is 23.6 Å². The number of rotatable bonds is 2. The van der Waals surface area contributed by atoms with Crippen molar-refractivity contribution in [3.05, 3.63) is 70.5 Å². The molecule has 0 bridgehead atoms. The van der Waals surface area contributed by atoms with Crippen LogP contribution in [0.4, 0.5) is 17.6 Å². The minimum Gasteiger partial charge on any atom is -0.320 e. The van der Waals surface area contributed by atoms with E-state index in [1.807, 2.05) is 6.92 Å². The Kier molecular flexibility index (Phi) is 3.81. The van der Waals surface area contributed by atoms with Crippen LogP contribution in [0.3, 0.4) is 0 Å². The molecule has 5 heteroatoms. The number of halogens is 4. The van der Waals surface area contributed by atoms with Crippen LogP contribution in [0.1, 0.15) is 28.3 Å². The Morgan fingerprint density at radius 3 is 2.15 bits per heavy atom. The third-order valence-electron chi connectivity index (χ3n) is 3.11. The van der Waals surface area contributed by atoms with E-state index in [4.69, 9.17) is 5.73 Å². The van der Waals surface area contributed by atoms with E-state index in [1.54, 1.807) is 24.3 Å². The standard InChI is InChI=1S/C15H13F4N/c1-9-5-7-10(8-6-9)14(20)11-3-2-4-12(13(11)16)15(17,18)19/h2-8,14H,20H2,1H3. The van der Waals surface area contributed by atoms with Crippen molar-refractivity contribution in [1.82, 2.24) is 0 Å². The fourth-order valence-corrected chi connectivity index (χ4v) is 1.96. The van der Waals surface area contributed by atoms with Crippen molar-refractivity contribution in [1.29, 1.82) is 0 Å². The molecule has 0 aliphatic rings. The van der Waals surface area contributed by atoms with Gasteiger partial charge in [0, 0.05) is 5.56 Å². The second-order valence-electron chi connectivity index (χ2n) is 4.59. The predicted octanol–water partition coefficient (Wildman–Crippen LogP) is 4.20. The average Bonchev–Trinajstić information content (AvgIpc) is 2.37. The fraction of sp³-hybridized carbons (Fsp3) is 0.200. The maximum absolute atomic E-state index is 14.0. The van der Waals surface area contributed by atoms with Crippen LogP contribution in [0.2, 0.25) is 0 Å². The molecule has 0 spiro atoms. The zero-order valence-corrected chi connectivity index (χ0v) is 10.7. The van der Waals surface area contributed by atoms with E-state index in [1.165, 1.54) is 6.07 Å². The van der Waals surface area contributed by atoms with Gasteiger partial charge in [-0.15, -0.1) is 0 Å². The van der Waals surface area contributed by atoms with E-state index >= 15 is 0 Å². The molecule has 0 saturated carbocycles. The first kappa shape index (κ1) is 14.5. The molecular formula is C15H13F4N. The summed E-state index contributed by atoms with van der Waals surface area (Å²) in [5, 5.41) is 0. The van der Waals surface area contributed by atoms with Gasteiger partial charge in [0.25, 0.3) is 0 Å². The van der Waals surface area contributed by atoms with Gasteiger partial charge in [-0.2, -0.15) is 13.2 Å². The lowest BCUT2D eigenvalue weighted by molar-refractivity contribution is -0.140. The van der Waals surface area contributed by atoms with Crippen LogP contribution in [-0.2, 0) is 6.18 Å². The number of nitrogens with two attached hydrogens (primary N) is 1. The highest BCUT2D eigenvalue weighted by atomic mass is 19.4. The molecule has 0 fully saturated rings. The van der Waals surface area contributed by atoms with Gasteiger partial charge in [0.15, 0.2) is 0 Å². The quantitative estimate of drug-likeness (QED) is 0.821. The normalized spacial score (nSPS) is 13.3. The summed E-state index contributed by atoms with van der Waals surface area (Å²) in [6.07, 6.45) is -4.73. The van der Waals surface area contributed by atoms with Gasteiger partial charge >= 0.3 is 6.18 Å². The van der Waals surface area contributed by atoms with Crippen molar-refractivity contribution in [2.75, 3.05) is 0 Å². The second-order valence-corrected chi connectivity index (χ2v) is 4.59. The number of hydrogen-bond donors (Lipinski definition) is 1. The smallest absolute Gasteiger partial charge is 0.320 e. The highest BCUT2D eigenvalue weighted by Gasteiger charge is 2.35. The van der Waals surface area contributed by atoms with Crippen LogP contribution >= 0.6 is 0 Å². The molecule has 0 aliphatic heterocycles. The molecule has 2 N–H and O–H groups in total. The molecule has 20 heavy (non-hydrogen) atoms. The summed E-state index contributed by atoms with van der Waals surface area (Å²) in [6, 6.07) is 9.13. The van der Waals surface area contributed by atoms with E-state index in [2.05, 4.69) is 0 Å². The number of benzene rings is 2. The third kappa shape index (κ3) is 2.82. The maximum Gasteiger partial charge on any atom is 0.419 e. The Bertz CT molecular complexity index is 602. The average molecular weight is 283 g/mol. The zero-order valence-electron chi connectivity index (χ0n) is 10.7. The Morgan fingerprint density at radius 2 is 1.60 bits per heavy atom. The first-order valence-corrected chi connectivity index (χ1v) is 5.98. The summed E-state index contributed by atoms with van der Waals surface area (Å²) in [6.45, 7) is 1.88. The summed E-state index contributed by atoms with van der Waals surface area (Å²) in [5.41, 5.74) is 5.97. The molecule has 106 valence electrons. The molecular weight excluding hydrogens is 270 g/mol.